The summed E-state index contributed by atoms with van der Waals surface area (Å²) in [6, 6.07) is 13.9. The predicted octanol–water partition coefficient (Wildman–Crippen LogP) is 3.35. The van der Waals surface area contributed by atoms with Gasteiger partial charge in [0.1, 0.15) is 5.15 Å². The van der Waals surface area contributed by atoms with E-state index in [-0.39, 0.29) is 0 Å². The van der Waals surface area contributed by atoms with E-state index in [9.17, 15) is 0 Å². The molecule has 1 aromatic carbocycles. The lowest BCUT2D eigenvalue weighted by Gasteiger charge is -2.05. The second-order valence-corrected chi connectivity index (χ2v) is 3.59. The van der Waals surface area contributed by atoms with Crippen molar-refractivity contribution in [2.24, 2.45) is 0 Å². The molecule has 15 heavy (non-hydrogen) atoms. The molecule has 0 aliphatic rings. The average Bonchev–Trinajstić information content (AvgIpc) is 2.28. The Labute approximate surface area is 93.9 Å². The first kappa shape index (κ1) is 9.99. The van der Waals surface area contributed by atoms with Crippen LogP contribution >= 0.6 is 11.6 Å². The molecule has 0 saturated carbocycles. The zero-order valence-corrected chi connectivity index (χ0v) is 8.91. The lowest BCUT2D eigenvalue weighted by molar-refractivity contribution is 1.14. The molecule has 2 nitrogen and oxygen atoms in total. The van der Waals surface area contributed by atoms with Gasteiger partial charge in [0.2, 0.25) is 0 Å². The van der Waals surface area contributed by atoms with E-state index in [4.69, 9.17) is 11.6 Å². The molecule has 1 aromatic heterocycles. The number of benzene rings is 1. The minimum Gasteiger partial charge on any atom is -0.381 e. The molecule has 76 valence electrons. The van der Waals surface area contributed by atoms with Gasteiger partial charge in [-0.2, -0.15) is 0 Å². The molecule has 2 aromatic rings. The second kappa shape index (κ2) is 4.80. The van der Waals surface area contributed by atoms with Crippen LogP contribution in [0.25, 0.3) is 0 Å². The predicted molar refractivity (Wildman–Crippen MR) is 63.0 cm³/mol. The van der Waals surface area contributed by atoms with Gasteiger partial charge >= 0.3 is 0 Å². The molecule has 0 aliphatic carbocycles. The van der Waals surface area contributed by atoms with Gasteiger partial charge in [-0.05, 0) is 17.7 Å². The lowest BCUT2D eigenvalue weighted by atomic mass is 10.2. The first-order valence-corrected chi connectivity index (χ1v) is 5.12. The van der Waals surface area contributed by atoms with Crippen LogP contribution in [0.2, 0.25) is 5.15 Å². The van der Waals surface area contributed by atoms with Gasteiger partial charge in [0, 0.05) is 18.4 Å². The maximum atomic E-state index is 5.78. The van der Waals surface area contributed by atoms with Gasteiger partial charge < -0.3 is 5.32 Å². The highest BCUT2D eigenvalue weighted by Gasteiger charge is 1.94. The smallest absolute Gasteiger partial charge is 0.131 e. The number of anilines is 1. The molecule has 0 aliphatic heterocycles. The summed E-state index contributed by atoms with van der Waals surface area (Å²) in [5, 5.41) is 3.78. The summed E-state index contributed by atoms with van der Waals surface area (Å²) < 4.78 is 0. The van der Waals surface area contributed by atoms with Gasteiger partial charge in [0.25, 0.3) is 0 Å². The standard InChI is InChI=1S/C12H11ClN2/c13-12-8-11(6-7-14-12)15-9-10-4-2-1-3-5-10/h1-8H,9H2,(H,14,15). The molecular weight excluding hydrogens is 208 g/mol. The average molecular weight is 219 g/mol. The third-order valence-corrected chi connectivity index (χ3v) is 2.27. The van der Waals surface area contributed by atoms with Crippen LogP contribution in [0.3, 0.4) is 0 Å². The normalized spacial score (nSPS) is 9.93. The Kier molecular flexibility index (Phi) is 3.20. The van der Waals surface area contributed by atoms with Crippen molar-refractivity contribution < 1.29 is 0 Å². The first-order chi connectivity index (χ1) is 7.34. The fourth-order valence-electron chi connectivity index (χ4n) is 1.31. The van der Waals surface area contributed by atoms with Crippen molar-refractivity contribution in [2.45, 2.75) is 6.54 Å². The summed E-state index contributed by atoms with van der Waals surface area (Å²) in [6.45, 7) is 0.793. The van der Waals surface area contributed by atoms with Crippen molar-refractivity contribution in [1.29, 1.82) is 0 Å². The van der Waals surface area contributed by atoms with Crippen LogP contribution in [-0.4, -0.2) is 4.98 Å². The summed E-state index contributed by atoms with van der Waals surface area (Å²) in [4.78, 5) is 3.92. The molecule has 1 heterocycles. The van der Waals surface area contributed by atoms with E-state index in [1.807, 2.05) is 30.3 Å². The van der Waals surface area contributed by atoms with Crippen LogP contribution in [-0.2, 0) is 6.54 Å². The molecule has 3 heteroatoms. The van der Waals surface area contributed by atoms with Crippen LogP contribution in [0.15, 0.2) is 48.7 Å². The SMILES string of the molecule is Clc1cc(NCc2ccccc2)ccn1. The molecule has 0 spiro atoms. The fourth-order valence-corrected chi connectivity index (χ4v) is 1.49. The Balaban J connectivity index is 1.99. The van der Waals surface area contributed by atoms with Gasteiger partial charge in [-0.15, -0.1) is 0 Å². The zero-order chi connectivity index (χ0) is 10.5. The largest absolute Gasteiger partial charge is 0.381 e. The number of pyridine rings is 1. The molecule has 0 saturated heterocycles. The van der Waals surface area contributed by atoms with Crippen molar-refractivity contribution in [1.82, 2.24) is 4.98 Å². The summed E-state index contributed by atoms with van der Waals surface area (Å²) in [7, 11) is 0. The molecule has 0 fully saturated rings. The van der Waals surface area contributed by atoms with Crippen molar-refractivity contribution in [2.75, 3.05) is 5.32 Å². The molecule has 0 radical (unpaired) electrons. The number of nitrogens with zero attached hydrogens (tertiary/aromatic N) is 1. The van der Waals surface area contributed by atoms with Crippen LogP contribution in [0.1, 0.15) is 5.56 Å². The maximum Gasteiger partial charge on any atom is 0.131 e. The summed E-state index contributed by atoms with van der Waals surface area (Å²) in [5.74, 6) is 0. The third kappa shape index (κ3) is 2.96. The van der Waals surface area contributed by atoms with E-state index >= 15 is 0 Å². The number of rotatable bonds is 3. The van der Waals surface area contributed by atoms with Crippen molar-refractivity contribution in [3.63, 3.8) is 0 Å². The monoisotopic (exact) mass is 218 g/mol. The molecular formula is C12H11ClN2. The quantitative estimate of drug-likeness (QED) is 0.800. The topological polar surface area (TPSA) is 24.9 Å². The Morgan fingerprint density at radius 3 is 2.67 bits per heavy atom. The minimum atomic E-state index is 0.507. The molecule has 0 bridgehead atoms. The van der Waals surface area contributed by atoms with Crippen molar-refractivity contribution in [3.8, 4) is 0 Å². The number of hydrogen-bond acceptors (Lipinski definition) is 2. The Morgan fingerprint density at radius 2 is 1.93 bits per heavy atom. The van der Waals surface area contributed by atoms with Crippen molar-refractivity contribution >= 4 is 17.3 Å². The van der Waals surface area contributed by atoms with Gasteiger partial charge in [0.05, 0.1) is 0 Å². The van der Waals surface area contributed by atoms with E-state index in [1.165, 1.54) is 5.56 Å². The van der Waals surface area contributed by atoms with Crippen LogP contribution < -0.4 is 5.32 Å². The Bertz CT molecular complexity index is 429. The lowest BCUT2D eigenvalue weighted by Crippen LogP contribution is -1.98. The zero-order valence-electron chi connectivity index (χ0n) is 8.15. The van der Waals surface area contributed by atoms with E-state index in [0.29, 0.717) is 5.15 Å². The highest BCUT2D eigenvalue weighted by atomic mass is 35.5. The first-order valence-electron chi connectivity index (χ1n) is 4.74. The fraction of sp³-hybridized carbons (Fsp3) is 0.0833. The maximum absolute atomic E-state index is 5.78. The van der Waals surface area contributed by atoms with E-state index in [0.717, 1.165) is 12.2 Å². The van der Waals surface area contributed by atoms with E-state index < -0.39 is 0 Å². The molecule has 0 atom stereocenters. The molecule has 0 unspecified atom stereocenters. The minimum absolute atomic E-state index is 0.507. The molecule has 2 rings (SSSR count). The van der Waals surface area contributed by atoms with Crippen LogP contribution in [0.4, 0.5) is 5.69 Å². The van der Waals surface area contributed by atoms with E-state index in [2.05, 4.69) is 22.4 Å². The highest BCUT2D eigenvalue weighted by Crippen LogP contribution is 2.12. The summed E-state index contributed by atoms with van der Waals surface area (Å²) in [6.07, 6.45) is 1.69. The number of halogens is 1. The van der Waals surface area contributed by atoms with Gasteiger partial charge in [-0.3, -0.25) is 0 Å². The molecule has 0 amide bonds. The number of nitrogens with one attached hydrogen (secondary N) is 1. The number of hydrogen-bond donors (Lipinski definition) is 1. The van der Waals surface area contributed by atoms with Crippen LogP contribution in [0.5, 0.6) is 0 Å². The highest BCUT2D eigenvalue weighted by molar-refractivity contribution is 6.29. The van der Waals surface area contributed by atoms with E-state index in [1.54, 1.807) is 6.20 Å². The Morgan fingerprint density at radius 1 is 1.13 bits per heavy atom. The molecule has 1 N–H and O–H groups in total. The third-order valence-electron chi connectivity index (χ3n) is 2.07. The van der Waals surface area contributed by atoms with Gasteiger partial charge in [-0.1, -0.05) is 41.9 Å². The van der Waals surface area contributed by atoms with Crippen molar-refractivity contribution in [3.05, 3.63) is 59.4 Å². The Hall–Kier alpha value is -1.54. The summed E-state index contributed by atoms with van der Waals surface area (Å²) in [5.41, 5.74) is 2.23. The van der Waals surface area contributed by atoms with Gasteiger partial charge in [-0.25, -0.2) is 4.98 Å². The van der Waals surface area contributed by atoms with Gasteiger partial charge in [0.15, 0.2) is 0 Å². The van der Waals surface area contributed by atoms with Crippen LogP contribution in [0, 0.1) is 0 Å². The number of aromatic nitrogens is 1. The summed E-state index contributed by atoms with van der Waals surface area (Å²) >= 11 is 5.78. The second-order valence-electron chi connectivity index (χ2n) is 3.21.